The van der Waals surface area contributed by atoms with E-state index in [4.69, 9.17) is 14.6 Å². The summed E-state index contributed by atoms with van der Waals surface area (Å²) in [5.74, 6) is -1.76. The quantitative estimate of drug-likeness (QED) is 0.183. The highest BCUT2D eigenvalue weighted by atomic mass is 19.2. The Kier molecular flexibility index (Phi) is 11.2. The number of rotatable bonds is 11. The molecule has 2 aliphatic heterocycles. The smallest absolute Gasteiger partial charge is 0.320 e. The standard InChI is InChI=1S/C37H43F2N7O4/c1-4-45-17-13-26(14-18-45)41-36(47)32-21-24(12-16-40-32)33-23(2)35(46(44-33)27-8-6-5-7-9-27)43-37(48)42-31-22-28(15-19-49-3)50-34(31)25-10-11-29(38)30(39)20-25/h5-12,16,20-21,26,28,31,34H,4,13-15,17-19,22H2,1-3H3,(H,41,47)(H2,42,43,48)/t28-,31-,34+/m1/s1. The van der Waals surface area contributed by atoms with Crippen LogP contribution in [0.4, 0.5) is 19.4 Å². The van der Waals surface area contributed by atoms with Crippen LogP contribution in [0, 0.1) is 18.6 Å². The Hall–Kier alpha value is -4.72. The first-order valence-electron chi connectivity index (χ1n) is 17.1. The number of likely N-dealkylation sites (tertiary alicyclic amines) is 1. The first-order chi connectivity index (χ1) is 24.2. The second kappa shape index (κ2) is 15.9. The van der Waals surface area contributed by atoms with E-state index in [0.717, 1.165) is 44.6 Å². The number of piperidine rings is 1. The van der Waals surface area contributed by atoms with E-state index in [-0.39, 0.29) is 23.7 Å². The molecule has 0 unspecified atom stereocenters. The Bertz CT molecular complexity index is 1800. The zero-order valence-electron chi connectivity index (χ0n) is 28.5. The van der Waals surface area contributed by atoms with Crippen molar-refractivity contribution in [3.05, 3.63) is 95.3 Å². The third-order valence-corrected chi connectivity index (χ3v) is 9.44. The molecule has 2 aromatic heterocycles. The lowest BCUT2D eigenvalue weighted by molar-refractivity contribution is 0.0210. The number of methoxy groups -OCH3 is 1. The number of nitrogens with zero attached hydrogens (tertiary/aromatic N) is 4. The van der Waals surface area contributed by atoms with Gasteiger partial charge in [0.15, 0.2) is 11.6 Å². The molecule has 4 aromatic rings. The highest BCUT2D eigenvalue weighted by molar-refractivity contribution is 5.94. The Morgan fingerprint density at radius 1 is 1.02 bits per heavy atom. The van der Waals surface area contributed by atoms with Crippen LogP contribution in [0.25, 0.3) is 16.9 Å². The fourth-order valence-corrected chi connectivity index (χ4v) is 6.67. The number of pyridine rings is 1. The predicted octanol–water partition coefficient (Wildman–Crippen LogP) is 5.79. The lowest BCUT2D eigenvalue weighted by Gasteiger charge is -2.31. The van der Waals surface area contributed by atoms with Gasteiger partial charge in [0.1, 0.15) is 17.6 Å². The van der Waals surface area contributed by atoms with Gasteiger partial charge in [0.25, 0.3) is 5.91 Å². The molecule has 0 radical (unpaired) electrons. The predicted molar refractivity (Wildman–Crippen MR) is 185 cm³/mol. The number of para-hydroxylation sites is 1. The third kappa shape index (κ3) is 8.01. The average Bonchev–Trinajstić information content (AvgIpc) is 3.69. The van der Waals surface area contributed by atoms with Crippen LogP contribution in [0.3, 0.4) is 0 Å². The lowest BCUT2D eigenvalue weighted by atomic mass is 10.0. The zero-order valence-corrected chi connectivity index (χ0v) is 28.5. The van der Waals surface area contributed by atoms with Crippen molar-refractivity contribution in [2.75, 3.05) is 38.7 Å². The van der Waals surface area contributed by atoms with Crippen molar-refractivity contribution in [1.29, 1.82) is 0 Å². The number of hydrogen-bond donors (Lipinski definition) is 3. The number of aromatic nitrogens is 3. The molecule has 2 fully saturated rings. The maximum Gasteiger partial charge on any atom is 0.320 e. The fourth-order valence-electron chi connectivity index (χ4n) is 6.67. The van der Waals surface area contributed by atoms with Crippen LogP contribution in [0.15, 0.2) is 66.9 Å². The van der Waals surface area contributed by atoms with Gasteiger partial charge < -0.3 is 25.0 Å². The Morgan fingerprint density at radius 3 is 2.52 bits per heavy atom. The van der Waals surface area contributed by atoms with Gasteiger partial charge in [-0.1, -0.05) is 31.2 Å². The van der Waals surface area contributed by atoms with E-state index < -0.39 is 29.8 Å². The SMILES string of the molecule is CCN1CCC(NC(=O)c2cc(-c3nn(-c4ccccc4)c(NC(=O)N[C@@H]4C[C@@H](CCOC)O[C@H]4c4ccc(F)c(F)c4)c3C)ccn2)CC1. The maximum atomic E-state index is 14.2. The van der Waals surface area contributed by atoms with E-state index >= 15 is 0 Å². The number of urea groups is 1. The summed E-state index contributed by atoms with van der Waals surface area (Å²) < 4.78 is 41.0. The number of amides is 3. The summed E-state index contributed by atoms with van der Waals surface area (Å²) >= 11 is 0. The van der Waals surface area contributed by atoms with Crippen molar-refractivity contribution in [3.63, 3.8) is 0 Å². The number of carbonyl (C=O) groups is 2. The molecule has 4 heterocycles. The number of nitrogens with one attached hydrogen (secondary N) is 3. The molecular weight excluding hydrogens is 644 g/mol. The van der Waals surface area contributed by atoms with Gasteiger partial charge in [-0.15, -0.1) is 0 Å². The van der Waals surface area contributed by atoms with Gasteiger partial charge in [-0.25, -0.2) is 18.3 Å². The van der Waals surface area contributed by atoms with Gasteiger partial charge in [-0.3, -0.25) is 15.1 Å². The Balaban J connectivity index is 1.24. The second-order valence-corrected chi connectivity index (χ2v) is 12.8. The molecule has 264 valence electrons. The number of halogens is 2. The van der Waals surface area contributed by atoms with Gasteiger partial charge in [-0.05, 0) is 81.1 Å². The molecule has 3 atom stereocenters. The summed E-state index contributed by atoms with van der Waals surface area (Å²) in [6.45, 7) is 7.33. The molecule has 0 saturated carbocycles. The van der Waals surface area contributed by atoms with Crippen LogP contribution in [-0.2, 0) is 9.47 Å². The molecule has 6 rings (SSSR count). The third-order valence-electron chi connectivity index (χ3n) is 9.44. The summed E-state index contributed by atoms with van der Waals surface area (Å²) in [7, 11) is 1.59. The monoisotopic (exact) mass is 687 g/mol. The molecule has 50 heavy (non-hydrogen) atoms. The maximum absolute atomic E-state index is 14.2. The minimum atomic E-state index is -0.987. The van der Waals surface area contributed by atoms with Crippen molar-refractivity contribution >= 4 is 17.8 Å². The Morgan fingerprint density at radius 2 is 1.80 bits per heavy atom. The number of benzene rings is 2. The first kappa shape index (κ1) is 35.1. The van der Waals surface area contributed by atoms with E-state index in [1.807, 2.05) is 37.3 Å². The molecule has 13 heteroatoms. The molecule has 2 saturated heterocycles. The van der Waals surface area contributed by atoms with Crippen LogP contribution in [0.5, 0.6) is 0 Å². The van der Waals surface area contributed by atoms with Crippen LogP contribution >= 0.6 is 0 Å². The highest BCUT2D eigenvalue weighted by Crippen LogP contribution is 2.36. The van der Waals surface area contributed by atoms with E-state index in [1.54, 1.807) is 30.1 Å². The number of carbonyl (C=O) groups excluding carboxylic acids is 2. The zero-order chi connectivity index (χ0) is 35.2. The van der Waals surface area contributed by atoms with Crippen LogP contribution in [-0.4, -0.2) is 83.1 Å². The van der Waals surface area contributed by atoms with Gasteiger partial charge in [0.05, 0.1) is 23.5 Å². The minimum Gasteiger partial charge on any atom is -0.385 e. The number of anilines is 1. The van der Waals surface area contributed by atoms with E-state index in [1.165, 1.54) is 6.07 Å². The number of hydrogen-bond acceptors (Lipinski definition) is 7. The summed E-state index contributed by atoms with van der Waals surface area (Å²) in [4.78, 5) is 33.7. The normalized spacial score (nSPS) is 19.7. The van der Waals surface area contributed by atoms with E-state index in [0.29, 0.717) is 53.3 Å². The lowest BCUT2D eigenvalue weighted by Crippen LogP contribution is -2.44. The van der Waals surface area contributed by atoms with Crippen LogP contribution in [0.1, 0.15) is 60.3 Å². The average molecular weight is 688 g/mol. The van der Waals surface area contributed by atoms with Crippen molar-refractivity contribution < 1.29 is 27.8 Å². The van der Waals surface area contributed by atoms with Crippen LogP contribution in [0.2, 0.25) is 0 Å². The number of ether oxygens (including phenoxy) is 2. The topological polar surface area (TPSA) is 123 Å². The molecule has 2 aromatic carbocycles. The van der Waals surface area contributed by atoms with Crippen molar-refractivity contribution in [3.8, 4) is 16.9 Å². The van der Waals surface area contributed by atoms with Crippen LogP contribution < -0.4 is 16.0 Å². The largest absolute Gasteiger partial charge is 0.385 e. The highest BCUT2D eigenvalue weighted by Gasteiger charge is 2.38. The van der Waals surface area contributed by atoms with Gasteiger partial charge in [-0.2, -0.15) is 5.10 Å². The van der Waals surface area contributed by atoms with Gasteiger partial charge in [0, 0.05) is 50.2 Å². The molecule has 11 nitrogen and oxygen atoms in total. The summed E-state index contributed by atoms with van der Waals surface area (Å²) in [5, 5.41) is 14.0. The molecule has 3 N–H and O–H groups in total. The molecule has 2 aliphatic rings. The van der Waals surface area contributed by atoms with Gasteiger partial charge in [0.2, 0.25) is 0 Å². The van der Waals surface area contributed by atoms with E-state index in [9.17, 15) is 18.4 Å². The van der Waals surface area contributed by atoms with E-state index in [2.05, 4.69) is 32.8 Å². The second-order valence-electron chi connectivity index (χ2n) is 12.8. The van der Waals surface area contributed by atoms with Crippen molar-refractivity contribution in [1.82, 2.24) is 30.3 Å². The molecular formula is C37H43F2N7O4. The first-order valence-corrected chi connectivity index (χ1v) is 17.1. The Labute approximate surface area is 290 Å². The molecule has 0 aliphatic carbocycles. The summed E-state index contributed by atoms with van der Waals surface area (Å²) in [5.41, 5.74) is 3.34. The summed E-state index contributed by atoms with van der Waals surface area (Å²) in [6, 6.07) is 15.5. The summed E-state index contributed by atoms with van der Waals surface area (Å²) in [6.07, 6.45) is 3.42. The fraction of sp³-hybridized carbons (Fsp3) is 0.405. The molecule has 0 spiro atoms. The van der Waals surface area contributed by atoms with Crippen molar-refractivity contribution in [2.45, 2.75) is 63.8 Å². The molecule has 0 bridgehead atoms. The van der Waals surface area contributed by atoms with Crippen molar-refractivity contribution in [2.24, 2.45) is 0 Å². The minimum absolute atomic E-state index is 0.0892. The van der Waals surface area contributed by atoms with Gasteiger partial charge >= 0.3 is 6.03 Å². The molecule has 3 amide bonds.